The summed E-state index contributed by atoms with van der Waals surface area (Å²) >= 11 is 0. The number of carbonyl (C=O) groups is 2. The van der Waals surface area contributed by atoms with Gasteiger partial charge >= 0.3 is 0 Å². The molecule has 0 heterocycles. The van der Waals surface area contributed by atoms with E-state index < -0.39 is 0 Å². The molecule has 4 nitrogen and oxygen atoms in total. The highest BCUT2D eigenvalue weighted by Crippen LogP contribution is 2.08. The van der Waals surface area contributed by atoms with E-state index in [1.807, 2.05) is 24.3 Å². The van der Waals surface area contributed by atoms with E-state index in [1.165, 1.54) is 22.0 Å². The van der Waals surface area contributed by atoms with Crippen molar-refractivity contribution in [3.8, 4) is 0 Å². The van der Waals surface area contributed by atoms with Crippen LogP contribution >= 0.6 is 0 Å². The Morgan fingerprint density at radius 1 is 0.750 bits per heavy atom. The third kappa shape index (κ3) is 5.10. The van der Waals surface area contributed by atoms with Gasteiger partial charge in [0.2, 0.25) is 11.8 Å². The molecule has 106 valence electrons. The zero-order valence-corrected chi connectivity index (χ0v) is 12.3. The normalized spacial score (nSPS) is 11.0. The van der Waals surface area contributed by atoms with Gasteiger partial charge in [-0.1, -0.05) is 24.3 Å². The maximum atomic E-state index is 11.4. The standard InChI is InChI=1S/C16H20N2O2/c1-17(2)15(19)11-9-13-5-7-14(8-6-13)10-12-16(20)18(3)4/h5-12H,1-4H3. The number of nitrogens with zero attached hydrogens (tertiary/aromatic N) is 2. The number of rotatable bonds is 4. The van der Waals surface area contributed by atoms with Crippen molar-refractivity contribution < 1.29 is 9.59 Å². The number of hydrogen-bond acceptors (Lipinski definition) is 2. The Hall–Kier alpha value is -2.36. The van der Waals surface area contributed by atoms with Gasteiger partial charge < -0.3 is 9.80 Å². The van der Waals surface area contributed by atoms with Crippen molar-refractivity contribution in [2.75, 3.05) is 28.2 Å². The summed E-state index contributed by atoms with van der Waals surface area (Å²) in [5.74, 6) is -0.101. The van der Waals surface area contributed by atoms with E-state index in [9.17, 15) is 9.59 Å². The van der Waals surface area contributed by atoms with E-state index in [2.05, 4.69) is 0 Å². The van der Waals surface area contributed by atoms with Crippen molar-refractivity contribution in [1.82, 2.24) is 9.80 Å². The smallest absolute Gasteiger partial charge is 0.246 e. The van der Waals surface area contributed by atoms with Crippen molar-refractivity contribution in [2.45, 2.75) is 0 Å². The van der Waals surface area contributed by atoms with Crippen LogP contribution in [0.25, 0.3) is 12.2 Å². The summed E-state index contributed by atoms with van der Waals surface area (Å²) in [6.07, 6.45) is 6.59. The van der Waals surface area contributed by atoms with Crippen LogP contribution in [0.1, 0.15) is 11.1 Å². The molecule has 0 radical (unpaired) electrons. The second kappa shape index (κ2) is 7.28. The molecule has 0 N–H and O–H groups in total. The molecule has 0 aliphatic carbocycles. The maximum absolute atomic E-state index is 11.4. The van der Waals surface area contributed by atoms with Gasteiger partial charge in [0.1, 0.15) is 0 Å². The first-order valence-electron chi connectivity index (χ1n) is 6.29. The fourth-order valence-corrected chi connectivity index (χ4v) is 1.35. The van der Waals surface area contributed by atoms with E-state index in [0.717, 1.165) is 11.1 Å². The monoisotopic (exact) mass is 272 g/mol. The Morgan fingerprint density at radius 3 is 1.30 bits per heavy atom. The molecule has 0 aromatic heterocycles. The van der Waals surface area contributed by atoms with Crippen LogP contribution in [0.5, 0.6) is 0 Å². The van der Waals surface area contributed by atoms with Crippen molar-refractivity contribution in [1.29, 1.82) is 0 Å². The lowest BCUT2D eigenvalue weighted by atomic mass is 10.1. The summed E-state index contributed by atoms with van der Waals surface area (Å²) in [5.41, 5.74) is 1.88. The van der Waals surface area contributed by atoms with Gasteiger partial charge in [0, 0.05) is 40.3 Å². The molecule has 0 bridgehead atoms. The Kier molecular flexibility index (Phi) is 5.72. The molecule has 0 fully saturated rings. The third-order valence-corrected chi connectivity index (χ3v) is 2.65. The molecule has 1 rings (SSSR count). The van der Waals surface area contributed by atoms with Gasteiger partial charge in [0.05, 0.1) is 0 Å². The van der Waals surface area contributed by atoms with Crippen LogP contribution in [0.4, 0.5) is 0 Å². The molecule has 0 aliphatic rings. The molecule has 0 atom stereocenters. The predicted octanol–water partition coefficient (Wildman–Crippen LogP) is 1.89. The summed E-state index contributed by atoms with van der Waals surface area (Å²) in [4.78, 5) is 25.8. The molecule has 1 aromatic carbocycles. The minimum Gasteiger partial charge on any atom is -0.345 e. The number of amides is 2. The first-order chi connectivity index (χ1) is 9.40. The minimum absolute atomic E-state index is 0.0504. The van der Waals surface area contributed by atoms with Crippen LogP contribution in [0.15, 0.2) is 36.4 Å². The summed E-state index contributed by atoms with van der Waals surface area (Å²) in [5, 5.41) is 0. The highest BCUT2D eigenvalue weighted by molar-refractivity contribution is 5.92. The number of hydrogen-bond donors (Lipinski definition) is 0. The lowest BCUT2D eigenvalue weighted by molar-refractivity contribution is -0.124. The molecule has 0 saturated carbocycles. The molecule has 20 heavy (non-hydrogen) atoms. The molecular weight excluding hydrogens is 252 g/mol. The number of carbonyl (C=O) groups excluding carboxylic acids is 2. The fourth-order valence-electron chi connectivity index (χ4n) is 1.35. The number of likely N-dealkylation sites (N-methyl/N-ethyl adjacent to an activating group) is 2. The van der Waals surface area contributed by atoms with Crippen molar-refractivity contribution in [2.24, 2.45) is 0 Å². The summed E-state index contributed by atoms with van der Waals surface area (Å²) in [7, 11) is 6.84. The first kappa shape index (κ1) is 15.7. The van der Waals surface area contributed by atoms with Crippen LogP contribution in [0.2, 0.25) is 0 Å². The van der Waals surface area contributed by atoms with Crippen LogP contribution < -0.4 is 0 Å². The van der Waals surface area contributed by atoms with Gasteiger partial charge in [0.15, 0.2) is 0 Å². The van der Waals surface area contributed by atoms with Crippen LogP contribution in [0, 0.1) is 0 Å². The molecule has 2 amide bonds. The molecule has 0 unspecified atom stereocenters. The second-order valence-corrected chi connectivity index (χ2v) is 4.80. The highest BCUT2D eigenvalue weighted by Gasteiger charge is 1.98. The zero-order valence-electron chi connectivity index (χ0n) is 12.3. The van der Waals surface area contributed by atoms with E-state index in [4.69, 9.17) is 0 Å². The lowest BCUT2D eigenvalue weighted by Gasteiger charge is -2.05. The topological polar surface area (TPSA) is 40.6 Å². The maximum Gasteiger partial charge on any atom is 0.246 e. The highest BCUT2D eigenvalue weighted by atomic mass is 16.2. The van der Waals surface area contributed by atoms with Gasteiger partial charge in [-0.3, -0.25) is 9.59 Å². The molecule has 0 saturated heterocycles. The van der Waals surface area contributed by atoms with Gasteiger partial charge in [-0.05, 0) is 23.3 Å². The van der Waals surface area contributed by atoms with E-state index in [0.29, 0.717) is 0 Å². The molecule has 1 aromatic rings. The largest absolute Gasteiger partial charge is 0.345 e. The molecule has 0 aliphatic heterocycles. The number of benzene rings is 1. The third-order valence-electron chi connectivity index (χ3n) is 2.65. The Morgan fingerprint density at radius 2 is 1.05 bits per heavy atom. The average molecular weight is 272 g/mol. The first-order valence-corrected chi connectivity index (χ1v) is 6.29. The average Bonchev–Trinajstić information content (AvgIpc) is 2.42. The predicted molar refractivity (Wildman–Crippen MR) is 81.9 cm³/mol. The van der Waals surface area contributed by atoms with Crippen LogP contribution in [-0.2, 0) is 9.59 Å². The van der Waals surface area contributed by atoms with Crippen LogP contribution in [-0.4, -0.2) is 49.8 Å². The fraction of sp³-hybridized carbons (Fsp3) is 0.250. The van der Waals surface area contributed by atoms with Crippen LogP contribution in [0.3, 0.4) is 0 Å². The second-order valence-electron chi connectivity index (χ2n) is 4.80. The van der Waals surface area contributed by atoms with E-state index in [-0.39, 0.29) is 11.8 Å². The Bertz CT molecular complexity index is 477. The summed E-state index contributed by atoms with van der Waals surface area (Å²) in [6, 6.07) is 7.61. The van der Waals surface area contributed by atoms with Crippen molar-refractivity contribution >= 4 is 24.0 Å². The van der Waals surface area contributed by atoms with E-state index >= 15 is 0 Å². The van der Waals surface area contributed by atoms with Gasteiger partial charge in [-0.25, -0.2) is 0 Å². The van der Waals surface area contributed by atoms with Gasteiger partial charge in [-0.15, -0.1) is 0 Å². The van der Waals surface area contributed by atoms with Gasteiger partial charge in [0.25, 0.3) is 0 Å². The SMILES string of the molecule is CN(C)C(=O)C=Cc1ccc(C=CC(=O)N(C)C)cc1. The van der Waals surface area contributed by atoms with Crippen molar-refractivity contribution in [3.05, 3.63) is 47.5 Å². The summed E-state index contributed by atoms with van der Waals surface area (Å²) in [6.45, 7) is 0. The Balaban J connectivity index is 2.70. The summed E-state index contributed by atoms with van der Waals surface area (Å²) < 4.78 is 0. The van der Waals surface area contributed by atoms with E-state index in [1.54, 1.807) is 40.3 Å². The lowest BCUT2D eigenvalue weighted by Crippen LogP contribution is -2.18. The quantitative estimate of drug-likeness (QED) is 0.785. The van der Waals surface area contributed by atoms with Gasteiger partial charge in [-0.2, -0.15) is 0 Å². The molecule has 0 spiro atoms. The molecule has 4 heteroatoms. The Labute approximate surface area is 120 Å². The molecular formula is C16H20N2O2. The zero-order chi connectivity index (χ0) is 15.1. The minimum atomic E-state index is -0.0504. The van der Waals surface area contributed by atoms with Crippen molar-refractivity contribution in [3.63, 3.8) is 0 Å².